The number of aryl methyl sites for hydroxylation is 1. The van der Waals surface area contributed by atoms with E-state index in [0.717, 1.165) is 24.2 Å². The number of hydrogen-bond donors (Lipinski definition) is 2. The third-order valence-electron chi connectivity index (χ3n) is 4.17. The summed E-state index contributed by atoms with van der Waals surface area (Å²) in [5, 5.41) is 7.22. The van der Waals surface area contributed by atoms with E-state index >= 15 is 0 Å². The fourth-order valence-corrected chi connectivity index (χ4v) is 3.05. The van der Waals surface area contributed by atoms with Crippen molar-refractivity contribution in [3.63, 3.8) is 0 Å². The molecule has 1 aliphatic rings. The molecule has 128 valence electrons. The van der Waals surface area contributed by atoms with Gasteiger partial charge in [-0.15, -0.1) is 0 Å². The zero-order valence-electron chi connectivity index (χ0n) is 13.8. The Morgan fingerprint density at radius 1 is 1.46 bits per heavy atom. The van der Waals surface area contributed by atoms with Crippen LogP contribution in [-0.2, 0) is 16.0 Å². The number of aromatic amines is 1. The molecular weight excluding hydrogens is 306 g/mol. The van der Waals surface area contributed by atoms with Gasteiger partial charge in [0.2, 0.25) is 5.91 Å². The van der Waals surface area contributed by atoms with Crippen molar-refractivity contribution < 1.29 is 9.53 Å². The molecular formula is C17H23N5O2. The molecule has 2 unspecified atom stereocenters. The minimum atomic E-state index is -0.466. The van der Waals surface area contributed by atoms with Gasteiger partial charge in [0.1, 0.15) is 18.0 Å². The lowest BCUT2D eigenvalue weighted by Gasteiger charge is -2.36. The van der Waals surface area contributed by atoms with Crippen LogP contribution in [0.1, 0.15) is 42.7 Å². The number of amides is 1. The summed E-state index contributed by atoms with van der Waals surface area (Å²) in [6, 6.07) is 9.13. The fraction of sp³-hybridized carbons (Fsp3) is 0.471. The minimum Gasteiger partial charge on any atom is -0.368 e. The van der Waals surface area contributed by atoms with Crippen LogP contribution >= 0.6 is 0 Å². The molecule has 0 bridgehead atoms. The van der Waals surface area contributed by atoms with E-state index in [1.165, 1.54) is 0 Å². The summed E-state index contributed by atoms with van der Waals surface area (Å²) in [7, 11) is 0. The van der Waals surface area contributed by atoms with Crippen LogP contribution in [0.5, 0.6) is 0 Å². The minimum absolute atomic E-state index is 0.258. The van der Waals surface area contributed by atoms with Gasteiger partial charge in [-0.2, -0.15) is 5.10 Å². The van der Waals surface area contributed by atoms with Gasteiger partial charge < -0.3 is 10.5 Å². The van der Waals surface area contributed by atoms with Crippen LogP contribution in [0.3, 0.4) is 0 Å². The summed E-state index contributed by atoms with van der Waals surface area (Å²) >= 11 is 0. The molecule has 24 heavy (non-hydrogen) atoms. The summed E-state index contributed by atoms with van der Waals surface area (Å²) < 4.78 is 5.81. The Bertz CT molecular complexity index is 673. The second-order valence-corrected chi connectivity index (χ2v) is 5.96. The highest BCUT2D eigenvalue weighted by molar-refractivity contribution is 5.81. The number of aromatic nitrogens is 3. The number of nitrogens with two attached hydrogens (primary N) is 1. The molecule has 7 nitrogen and oxygen atoms in total. The van der Waals surface area contributed by atoms with E-state index in [-0.39, 0.29) is 12.0 Å². The topological polar surface area (TPSA) is 97.1 Å². The smallest absolute Gasteiger partial charge is 0.239 e. The molecule has 0 radical (unpaired) electrons. The van der Waals surface area contributed by atoms with Crippen molar-refractivity contribution in [3.8, 4) is 0 Å². The Morgan fingerprint density at radius 3 is 2.96 bits per heavy atom. The maximum Gasteiger partial charge on any atom is 0.239 e. The molecule has 0 spiro atoms. The Morgan fingerprint density at radius 2 is 2.25 bits per heavy atom. The van der Waals surface area contributed by atoms with Crippen molar-refractivity contribution in [2.24, 2.45) is 5.73 Å². The van der Waals surface area contributed by atoms with Crippen LogP contribution in [0.25, 0.3) is 0 Å². The van der Waals surface area contributed by atoms with E-state index in [4.69, 9.17) is 10.5 Å². The van der Waals surface area contributed by atoms with Crippen molar-refractivity contribution >= 4 is 5.91 Å². The fourth-order valence-electron chi connectivity index (χ4n) is 3.05. The molecule has 1 aromatic carbocycles. The largest absolute Gasteiger partial charge is 0.368 e. The normalized spacial score (nSPS) is 20.0. The van der Waals surface area contributed by atoms with Crippen LogP contribution < -0.4 is 5.73 Å². The summed E-state index contributed by atoms with van der Waals surface area (Å²) in [5.74, 6) is 1.14. The van der Waals surface area contributed by atoms with Crippen LogP contribution in [0, 0.1) is 0 Å². The second kappa shape index (κ2) is 7.55. The highest BCUT2D eigenvalue weighted by atomic mass is 16.5. The Hall–Kier alpha value is -2.25. The van der Waals surface area contributed by atoms with Crippen molar-refractivity contribution in [2.45, 2.75) is 31.9 Å². The molecule has 7 heteroatoms. The number of carbonyl (C=O) groups is 1. The third kappa shape index (κ3) is 3.63. The first-order chi connectivity index (χ1) is 11.7. The van der Waals surface area contributed by atoms with Crippen molar-refractivity contribution in [3.05, 3.63) is 47.5 Å². The first-order valence-corrected chi connectivity index (χ1v) is 8.30. The number of ether oxygens (including phenoxy) is 1. The van der Waals surface area contributed by atoms with Crippen LogP contribution in [0.2, 0.25) is 0 Å². The van der Waals surface area contributed by atoms with Gasteiger partial charge in [0.05, 0.1) is 6.61 Å². The number of rotatable bonds is 6. The molecule has 1 fully saturated rings. The predicted molar refractivity (Wildman–Crippen MR) is 89.0 cm³/mol. The average Bonchev–Trinajstić information content (AvgIpc) is 3.05. The molecule has 1 amide bonds. The first kappa shape index (κ1) is 16.6. The van der Waals surface area contributed by atoms with E-state index in [2.05, 4.69) is 22.1 Å². The van der Waals surface area contributed by atoms with Gasteiger partial charge in [0.15, 0.2) is 5.82 Å². The van der Waals surface area contributed by atoms with Gasteiger partial charge in [0, 0.05) is 19.5 Å². The number of H-pyrrole nitrogens is 1. The molecule has 0 aliphatic carbocycles. The number of carbonyl (C=O) groups excluding carboxylic acids is 1. The summed E-state index contributed by atoms with van der Waals surface area (Å²) in [4.78, 5) is 18.6. The quantitative estimate of drug-likeness (QED) is 0.834. The SMILES string of the molecule is CCCc1nc(C2CN(C(C(N)=O)c3ccccc3)CCO2)n[nH]1. The summed E-state index contributed by atoms with van der Waals surface area (Å²) in [6.45, 7) is 3.79. The number of hydrogen-bond acceptors (Lipinski definition) is 5. The predicted octanol–water partition coefficient (Wildman–Crippen LogP) is 1.36. The van der Waals surface area contributed by atoms with Crippen LogP contribution in [-0.4, -0.2) is 45.7 Å². The molecule has 1 saturated heterocycles. The van der Waals surface area contributed by atoms with E-state index in [0.29, 0.717) is 25.5 Å². The molecule has 2 heterocycles. The molecule has 2 atom stereocenters. The number of morpholine rings is 1. The summed E-state index contributed by atoms with van der Waals surface area (Å²) in [5.41, 5.74) is 6.56. The van der Waals surface area contributed by atoms with Crippen molar-refractivity contribution in [2.75, 3.05) is 19.7 Å². The van der Waals surface area contributed by atoms with Gasteiger partial charge in [-0.05, 0) is 12.0 Å². The zero-order chi connectivity index (χ0) is 16.9. The molecule has 1 aromatic heterocycles. The summed E-state index contributed by atoms with van der Waals surface area (Å²) in [6.07, 6.45) is 1.60. The zero-order valence-corrected chi connectivity index (χ0v) is 13.8. The van der Waals surface area contributed by atoms with E-state index in [1.54, 1.807) is 0 Å². The van der Waals surface area contributed by atoms with Crippen molar-refractivity contribution in [1.82, 2.24) is 20.1 Å². The van der Waals surface area contributed by atoms with Gasteiger partial charge in [0.25, 0.3) is 0 Å². The molecule has 0 saturated carbocycles. The number of benzene rings is 1. The van der Waals surface area contributed by atoms with Gasteiger partial charge in [-0.3, -0.25) is 14.8 Å². The first-order valence-electron chi connectivity index (χ1n) is 8.30. The van der Waals surface area contributed by atoms with E-state index < -0.39 is 6.04 Å². The van der Waals surface area contributed by atoms with Gasteiger partial charge in [-0.1, -0.05) is 37.3 Å². The highest BCUT2D eigenvalue weighted by Gasteiger charge is 2.33. The number of primary amides is 1. The standard InChI is InChI=1S/C17H23N5O2/c1-2-6-14-19-17(21-20-14)13-11-22(9-10-24-13)15(16(18)23)12-7-4-3-5-8-12/h3-5,7-8,13,15H,2,6,9-11H2,1H3,(H2,18,23)(H,19,20,21). The lowest BCUT2D eigenvalue weighted by atomic mass is 10.0. The average molecular weight is 329 g/mol. The monoisotopic (exact) mass is 329 g/mol. The molecule has 3 N–H and O–H groups in total. The highest BCUT2D eigenvalue weighted by Crippen LogP contribution is 2.27. The third-order valence-corrected chi connectivity index (χ3v) is 4.17. The van der Waals surface area contributed by atoms with Gasteiger partial charge >= 0.3 is 0 Å². The van der Waals surface area contributed by atoms with E-state index in [9.17, 15) is 4.79 Å². The molecule has 1 aliphatic heterocycles. The second-order valence-electron chi connectivity index (χ2n) is 5.96. The van der Waals surface area contributed by atoms with Crippen molar-refractivity contribution in [1.29, 1.82) is 0 Å². The molecule has 2 aromatic rings. The van der Waals surface area contributed by atoms with Crippen LogP contribution in [0.4, 0.5) is 0 Å². The Labute approximate surface area is 141 Å². The van der Waals surface area contributed by atoms with Gasteiger partial charge in [-0.25, -0.2) is 4.98 Å². The number of nitrogens with one attached hydrogen (secondary N) is 1. The Balaban J connectivity index is 1.77. The number of nitrogens with zero attached hydrogens (tertiary/aromatic N) is 3. The molecule has 3 rings (SSSR count). The lowest BCUT2D eigenvalue weighted by Crippen LogP contribution is -2.45. The maximum atomic E-state index is 12.0. The van der Waals surface area contributed by atoms with Crippen LogP contribution in [0.15, 0.2) is 30.3 Å². The van der Waals surface area contributed by atoms with E-state index in [1.807, 2.05) is 35.2 Å². The maximum absolute atomic E-state index is 12.0. The lowest BCUT2D eigenvalue weighted by molar-refractivity contribution is -0.127. The Kier molecular flexibility index (Phi) is 5.22.